The highest BCUT2D eigenvalue weighted by atomic mass is 16.6. The molecule has 17 heavy (non-hydrogen) atoms. The summed E-state index contributed by atoms with van der Waals surface area (Å²) in [5, 5.41) is 2.62. The Morgan fingerprint density at radius 1 is 1.24 bits per heavy atom. The van der Waals surface area contributed by atoms with Crippen LogP contribution in [-0.4, -0.2) is 24.8 Å². The van der Waals surface area contributed by atoms with Crippen LogP contribution in [0.5, 0.6) is 0 Å². The summed E-state index contributed by atoms with van der Waals surface area (Å²) in [5.74, 6) is -0.381. The second kappa shape index (κ2) is 5.21. The maximum atomic E-state index is 11.6. The van der Waals surface area contributed by atoms with E-state index in [4.69, 9.17) is 4.74 Å². The standard InChI is InChI=1S/C12H19NO4/c1-12(2,3)17-11(15)13-9-7-5-6-8(9)10(14)16-4/h5-7H2,1-4H3,(H,13,15). The summed E-state index contributed by atoms with van der Waals surface area (Å²) < 4.78 is 9.78. The van der Waals surface area contributed by atoms with Crippen molar-refractivity contribution in [3.63, 3.8) is 0 Å². The highest BCUT2D eigenvalue weighted by Gasteiger charge is 2.24. The van der Waals surface area contributed by atoms with Crippen molar-refractivity contribution in [2.75, 3.05) is 7.11 Å². The molecule has 1 rings (SSSR count). The van der Waals surface area contributed by atoms with Crippen molar-refractivity contribution in [1.82, 2.24) is 5.32 Å². The molecule has 96 valence electrons. The number of carbonyl (C=O) groups is 2. The van der Waals surface area contributed by atoms with Gasteiger partial charge >= 0.3 is 12.1 Å². The molecular weight excluding hydrogens is 222 g/mol. The van der Waals surface area contributed by atoms with Crippen LogP contribution in [0.25, 0.3) is 0 Å². The molecule has 1 amide bonds. The van der Waals surface area contributed by atoms with E-state index in [2.05, 4.69) is 10.1 Å². The topological polar surface area (TPSA) is 64.6 Å². The predicted octanol–water partition coefficient (Wildman–Crippen LogP) is 2.12. The SMILES string of the molecule is COC(=O)C1=C(NC(=O)OC(C)(C)C)CCC1. The maximum absolute atomic E-state index is 11.6. The van der Waals surface area contributed by atoms with Crippen LogP contribution in [0.2, 0.25) is 0 Å². The molecule has 0 heterocycles. The fourth-order valence-corrected chi connectivity index (χ4v) is 1.66. The largest absolute Gasteiger partial charge is 0.466 e. The highest BCUT2D eigenvalue weighted by molar-refractivity contribution is 5.90. The molecule has 0 aromatic rings. The fraction of sp³-hybridized carbons (Fsp3) is 0.667. The number of allylic oxidation sites excluding steroid dienone is 1. The van der Waals surface area contributed by atoms with Gasteiger partial charge in [0.25, 0.3) is 0 Å². The Bertz CT molecular complexity index is 352. The molecule has 0 bridgehead atoms. The molecule has 0 atom stereocenters. The minimum absolute atomic E-state index is 0.381. The average molecular weight is 241 g/mol. The van der Waals surface area contributed by atoms with E-state index in [1.54, 1.807) is 20.8 Å². The number of ether oxygens (including phenoxy) is 2. The third-order valence-corrected chi connectivity index (χ3v) is 2.30. The molecule has 1 aliphatic rings. The first-order valence-corrected chi connectivity index (χ1v) is 5.64. The number of carbonyl (C=O) groups excluding carboxylic acids is 2. The van der Waals surface area contributed by atoms with Gasteiger partial charge in [0.1, 0.15) is 5.60 Å². The minimum Gasteiger partial charge on any atom is -0.466 e. The summed E-state index contributed by atoms with van der Waals surface area (Å²) in [6.07, 6.45) is 1.62. The summed E-state index contributed by atoms with van der Waals surface area (Å²) in [6, 6.07) is 0. The highest BCUT2D eigenvalue weighted by Crippen LogP contribution is 2.25. The van der Waals surface area contributed by atoms with Gasteiger partial charge in [0.15, 0.2) is 0 Å². The molecule has 1 aliphatic carbocycles. The van der Waals surface area contributed by atoms with Crippen LogP contribution in [0.4, 0.5) is 4.79 Å². The zero-order valence-electron chi connectivity index (χ0n) is 10.8. The number of esters is 1. The van der Waals surface area contributed by atoms with E-state index in [-0.39, 0.29) is 5.97 Å². The lowest BCUT2D eigenvalue weighted by Crippen LogP contribution is -2.32. The van der Waals surface area contributed by atoms with Crippen LogP contribution in [0.3, 0.4) is 0 Å². The Kier molecular flexibility index (Phi) is 4.15. The van der Waals surface area contributed by atoms with Gasteiger partial charge in [0.05, 0.1) is 12.7 Å². The molecule has 0 radical (unpaired) electrons. The third-order valence-electron chi connectivity index (χ3n) is 2.30. The molecule has 0 aliphatic heterocycles. The van der Waals surface area contributed by atoms with E-state index in [0.717, 1.165) is 6.42 Å². The Morgan fingerprint density at radius 3 is 2.41 bits per heavy atom. The predicted molar refractivity (Wildman–Crippen MR) is 62.3 cm³/mol. The molecule has 0 aromatic carbocycles. The van der Waals surface area contributed by atoms with Gasteiger partial charge in [0.2, 0.25) is 0 Å². The van der Waals surface area contributed by atoms with Gasteiger partial charge in [-0.05, 0) is 40.0 Å². The van der Waals surface area contributed by atoms with Crippen molar-refractivity contribution in [2.45, 2.75) is 45.6 Å². The van der Waals surface area contributed by atoms with Gasteiger partial charge in [0, 0.05) is 5.70 Å². The van der Waals surface area contributed by atoms with Gasteiger partial charge in [-0.15, -0.1) is 0 Å². The minimum atomic E-state index is -0.547. The lowest BCUT2D eigenvalue weighted by atomic mass is 10.2. The normalized spacial score (nSPS) is 15.8. The Balaban J connectivity index is 2.67. The first-order chi connectivity index (χ1) is 7.83. The van der Waals surface area contributed by atoms with Gasteiger partial charge in [-0.3, -0.25) is 5.32 Å². The molecule has 0 aromatic heterocycles. The van der Waals surface area contributed by atoms with E-state index < -0.39 is 11.7 Å². The van der Waals surface area contributed by atoms with E-state index >= 15 is 0 Å². The molecule has 0 saturated heterocycles. The molecule has 0 spiro atoms. The number of hydrogen-bond acceptors (Lipinski definition) is 4. The molecule has 1 N–H and O–H groups in total. The monoisotopic (exact) mass is 241 g/mol. The maximum Gasteiger partial charge on any atom is 0.411 e. The number of nitrogens with one attached hydrogen (secondary N) is 1. The lowest BCUT2D eigenvalue weighted by molar-refractivity contribution is -0.136. The van der Waals surface area contributed by atoms with Crippen molar-refractivity contribution in [2.24, 2.45) is 0 Å². The number of rotatable bonds is 2. The van der Waals surface area contributed by atoms with Crippen LogP contribution < -0.4 is 5.32 Å². The van der Waals surface area contributed by atoms with Crippen LogP contribution in [0, 0.1) is 0 Å². The fourth-order valence-electron chi connectivity index (χ4n) is 1.66. The van der Waals surface area contributed by atoms with Gasteiger partial charge in [-0.25, -0.2) is 9.59 Å². The first kappa shape index (κ1) is 13.5. The molecule has 0 fully saturated rings. The van der Waals surface area contributed by atoms with E-state index in [9.17, 15) is 9.59 Å². The smallest absolute Gasteiger partial charge is 0.411 e. The van der Waals surface area contributed by atoms with Gasteiger partial charge < -0.3 is 9.47 Å². The Morgan fingerprint density at radius 2 is 1.88 bits per heavy atom. The van der Waals surface area contributed by atoms with Crippen molar-refractivity contribution < 1.29 is 19.1 Å². The summed E-state index contributed by atoms with van der Waals surface area (Å²) in [4.78, 5) is 23.0. The summed E-state index contributed by atoms with van der Waals surface area (Å²) in [7, 11) is 1.33. The van der Waals surface area contributed by atoms with Crippen LogP contribution in [0.1, 0.15) is 40.0 Å². The molecule has 0 saturated carbocycles. The van der Waals surface area contributed by atoms with E-state index in [0.29, 0.717) is 24.1 Å². The van der Waals surface area contributed by atoms with Crippen LogP contribution in [0.15, 0.2) is 11.3 Å². The number of methoxy groups -OCH3 is 1. The Labute approximate surface area is 101 Å². The summed E-state index contributed by atoms with van der Waals surface area (Å²) >= 11 is 0. The lowest BCUT2D eigenvalue weighted by Gasteiger charge is -2.20. The van der Waals surface area contributed by atoms with Gasteiger partial charge in [-0.2, -0.15) is 0 Å². The van der Waals surface area contributed by atoms with Gasteiger partial charge in [-0.1, -0.05) is 0 Å². The third kappa shape index (κ3) is 4.09. The van der Waals surface area contributed by atoms with Crippen LogP contribution in [-0.2, 0) is 14.3 Å². The van der Waals surface area contributed by atoms with E-state index in [1.807, 2.05) is 0 Å². The molecule has 5 nitrogen and oxygen atoms in total. The van der Waals surface area contributed by atoms with Crippen molar-refractivity contribution >= 4 is 12.1 Å². The van der Waals surface area contributed by atoms with Crippen molar-refractivity contribution in [1.29, 1.82) is 0 Å². The van der Waals surface area contributed by atoms with Crippen molar-refractivity contribution in [3.8, 4) is 0 Å². The zero-order valence-corrected chi connectivity index (χ0v) is 10.8. The first-order valence-electron chi connectivity index (χ1n) is 5.64. The summed E-state index contributed by atoms with van der Waals surface area (Å²) in [6.45, 7) is 5.37. The number of hydrogen-bond donors (Lipinski definition) is 1. The average Bonchev–Trinajstić information content (AvgIpc) is 2.61. The summed E-state index contributed by atoms with van der Waals surface area (Å²) in [5.41, 5.74) is 0.610. The van der Waals surface area contributed by atoms with E-state index in [1.165, 1.54) is 7.11 Å². The van der Waals surface area contributed by atoms with Crippen LogP contribution >= 0.6 is 0 Å². The van der Waals surface area contributed by atoms with Crippen molar-refractivity contribution in [3.05, 3.63) is 11.3 Å². The zero-order chi connectivity index (χ0) is 13.1. The number of amides is 1. The molecular formula is C12H19NO4. The Hall–Kier alpha value is -1.52. The second-order valence-corrected chi connectivity index (χ2v) is 4.93. The molecule has 5 heteroatoms. The number of alkyl carbamates (subject to hydrolysis) is 1. The quantitative estimate of drug-likeness (QED) is 0.752. The molecule has 0 unspecified atom stereocenters. The second-order valence-electron chi connectivity index (χ2n) is 4.93.